The molecular formula is C19H28F3N3O. The van der Waals surface area contributed by atoms with E-state index in [9.17, 15) is 13.2 Å². The van der Waals surface area contributed by atoms with Crippen molar-refractivity contribution in [3.05, 3.63) is 35.4 Å². The summed E-state index contributed by atoms with van der Waals surface area (Å²) in [5, 5.41) is 3.24. The number of halogens is 3. The molecule has 4 nitrogen and oxygen atoms in total. The summed E-state index contributed by atoms with van der Waals surface area (Å²) in [6, 6.07) is 8.15. The highest BCUT2D eigenvalue weighted by Gasteiger charge is 2.26. The number of unbranched alkanes of at least 4 members (excludes halogenated alkanes) is 1. The summed E-state index contributed by atoms with van der Waals surface area (Å²) in [5.74, 6) is 0.751. The van der Waals surface area contributed by atoms with Gasteiger partial charge in [-0.05, 0) is 37.8 Å². The molecule has 1 atom stereocenters. The molecule has 1 N–H and O–H groups in total. The Morgan fingerprint density at radius 1 is 1.31 bits per heavy atom. The second-order valence-electron chi connectivity index (χ2n) is 6.47. The van der Waals surface area contributed by atoms with Crippen LogP contribution >= 0.6 is 0 Å². The molecule has 0 bridgehead atoms. The predicted octanol–water partition coefficient (Wildman–Crippen LogP) is 4.07. The van der Waals surface area contributed by atoms with Crippen LogP contribution < -0.4 is 5.32 Å². The number of alkyl halides is 3. The fourth-order valence-electron chi connectivity index (χ4n) is 3.03. The van der Waals surface area contributed by atoms with Gasteiger partial charge in [-0.25, -0.2) is 0 Å². The summed E-state index contributed by atoms with van der Waals surface area (Å²) in [6.45, 7) is 7.15. The molecule has 0 saturated carbocycles. The normalized spacial score (nSPS) is 18.9. The number of benzene rings is 1. The number of aryl methyl sites for hydroxylation is 1. The minimum absolute atomic E-state index is 0.0287. The largest absolute Gasteiger partial charge is 0.389 e. The van der Waals surface area contributed by atoms with Crippen molar-refractivity contribution < 1.29 is 17.9 Å². The zero-order chi connectivity index (χ0) is 19.0. The van der Waals surface area contributed by atoms with Gasteiger partial charge in [0.15, 0.2) is 5.96 Å². The van der Waals surface area contributed by atoms with E-state index in [0.717, 1.165) is 12.5 Å². The van der Waals surface area contributed by atoms with Gasteiger partial charge in [0.05, 0.1) is 13.2 Å². The summed E-state index contributed by atoms with van der Waals surface area (Å²) >= 11 is 0. The molecule has 7 heteroatoms. The molecular weight excluding hydrogens is 343 g/mol. The van der Waals surface area contributed by atoms with E-state index in [1.165, 1.54) is 11.1 Å². The molecule has 1 aliphatic rings. The molecule has 2 rings (SSSR count). The Hall–Kier alpha value is -1.76. The average molecular weight is 371 g/mol. The monoisotopic (exact) mass is 371 g/mol. The number of hydrogen-bond acceptors (Lipinski definition) is 2. The molecule has 1 heterocycles. The smallest absolute Gasteiger partial charge is 0.370 e. The Kier molecular flexibility index (Phi) is 7.75. The van der Waals surface area contributed by atoms with Gasteiger partial charge in [0.2, 0.25) is 0 Å². The van der Waals surface area contributed by atoms with Gasteiger partial charge in [-0.2, -0.15) is 13.2 Å². The lowest BCUT2D eigenvalue weighted by atomic mass is 10.0. The van der Waals surface area contributed by atoms with E-state index in [1.807, 2.05) is 19.1 Å². The SMILES string of the molecule is CCNC(=NCCCCC(F)(F)F)N1CCOC(c2ccccc2C)C1. The van der Waals surface area contributed by atoms with Crippen LogP contribution in [-0.2, 0) is 4.74 Å². The number of ether oxygens (including phenoxy) is 1. The van der Waals surface area contributed by atoms with Gasteiger partial charge in [-0.1, -0.05) is 24.3 Å². The van der Waals surface area contributed by atoms with Crippen molar-refractivity contribution in [1.29, 1.82) is 0 Å². The quantitative estimate of drug-likeness (QED) is 0.465. The molecule has 1 fully saturated rings. The van der Waals surface area contributed by atoms with Crippen molar-refractivity contribution in [2.75, 3.05) is 32.8 Å². The van der Waals surface area contributed by atoms with Gasteiger partial charge in [0, 0.05) is 26.1 Å². The zero-order valence-electron chi connectivity index (χ0n) is 15.5. The lowest BCUT2D eigenvalue weighted by molar-refractivity contribution is -0.135. The van der Waals surface area contributed by atoms with E-state index in [1.54, 1.807) is 0 Å². The number of hydrogen-bond donors (Lipinski definition) is 1. The summed E-state index contributed by atoms with van der Waals surface area (Å²) in [6.07, 6.45) is -4.31. The third-order valence-corrected chi connectivity index (χ3v) is 4.37. The van der Waals surface area contributed by atoms with Crippen molar-refractivity contribution in [3.63, 3.8) is 0 Å². The summed E-state index contributed by atoms with van der Waals surface area (Å²) < 4.78 is 42.6. The third kappa shape index (κ3) is 6.52. The molecule has 0 spiro atoms. The van der Waals surface area contributed by atoms with Crippen LogP contribution in [0.4, 0.5) is 13.2 Å². The first-order chi connectivity index (χ1) is 12.4. The molecule has 1 saturated heterocycles. The zero-order valence-corrected chi connectivity index (χ0v) is 15.5. The van der Waals surface area contributed by atoms with E-state index in [4.69, 9.17) is 4.74 Å². The summed E-state index contributed by atoms with van der Waals surface area (Å²) in [4.78, 5) is 6.65. The number of aliphatic imine (C=N–C) groups is 1. The number of morpholine rings is 1. The molecule has 1 aliphatic heterocycles. The fraction of sp³-hybridized carbons (Fsp3) is 0.632. The molecule has 1 unspecified atom stereocenters. The number of nitrogens with zero attached hydrogens (tertiary/aromatic N) is 2. The highest BCUT2D eigenvalue weighted by Crippen LogP contribution is 2.25. The number of guanidine groups is 1. The highest BCUT2D eigenvalue weighted by molar-refractivity contribution is 5.80. The Bertz CT molecular complexity index is 590. The van der Waals surface area contributed by atoms with Crippen molar-refractivity contribution in [3.8, 4) is 0 Å². The van der Waals surface area contributed by atoms with E-state index in [2.05, 4.69) is 34.3 Å². The van der Waals surface area contributed by atoms with Gasteiger partial charge >= 0.3 is 6.18 Å². The Balaban J connectivity index is 1.95. The standard InChI is InChI=1S/C19H28F3N3O/c1-3-23-18(24-11-7-6-10-19(20,21)22)25-12-13-26-17(14-25)16-9-5-4-8-15(16)2/h4-5,8-9,17H,3,6-7,10-14H2,1-2H3,(H,23,24). The maximum Gasteiger partial charge on any atom is 0.389 e. The first-order valence-corrected chi connectivity index (χ1v) is 9.18. The summed E-state index contributed by atoms with van der Waals surface area (Å²) in [7, 11) is 0. The number of nitrogens with one attached hydrogen (secondary N) is 1. The molecule has 0 aliphatic carbocycles. The van der Waals surface area contributed by atoms with Crippen LogP contribution in [0.25, 0.3) is 0 Å². The van der Waals surface area contributed by atoms with Crippen LogP contribution in [-0.4, -0.2) is 49.8 Å². The Labute approximate surface area is 153 Å². The van der Waals surface area contributed by atoms with Gasteiger partial charge in [-0.3, -0.25) is 4.99 Å². The third-order valence-electron chi connectivity index (χ3n) is 4.37. The average Bonchev–Trinajstić information content (AvgIpc) is 2.60. The maximum atomic E-state index is 12.2. The molecule has 146 valence electrons. The molecule has 26 heavy (non-hydrogen) atoms. The van der Waals surface area contributed by atoms with Crippen LogP contribution in [0.1, 0.15) is 43.4 Å². The molecule has 0 radical (unpaired) electrons. The maximum absolute atomic E-state index is 12.2. The topological polar surface area (TPSA) is 36.9 Å². The minimum Gasteiger partial charge on any atom is -0.370 e. The molecule has 1 aromatic carbocycles. The Morgan fingerprint density at radius 3 is 2.77 bits per heavy atom. The first-order valence-electron chi connectivity index (χ1n) is 9.18. The van der Waals surface area contributed by atoms with E-state index in [0.29, 0.717) is 32.7 Å². The van der Waals surface area contributed by atoms with Gasteiger partial charge < -0.3 is 15.0 Å². The first kappa shape index (κ1) is 20.6. The van der Waals surface area contributed by atoms with Crippen molar-refractivity contribution in [2.24, 2.45) is 4.99 Å². The number of rotatable bonds is 6. The molecule has 1 aromatic rings. The van der Waals surface area contributed by atoms with E-state index >= 15 is 0 Å². The van der Waals surface area contributed by atoms with Crippen LogP contribution in [0.3, 0.4) is 0 Å². The predicted molar refractivity (Wildman–Crippen MR) is 97.3 cm³/mol. The molecule has 0 amide bonds. The van der Waals surface area contributed by atoms with Crippen LogP contribution in [0.2, 0.25) is 0 Å². The minimum atomic E-state index is -4.08. The van der Waals surface area contributed by atoms with E-state index in [-0.39, 0.29) is 12.5 Å². The van der Waals surface area contributed by atoms with Crippen LogP contribution in [0.15, 0.2) is 29.3 Å². The fourth-order valence-corrected chi connectivity index (χ4v) is 3.03. The van der Waals surface area contributed by atoms with Crippen molar-refractivity contribution in [2.45, 2.75) is 45.4 Å². The lowest BCUT2D eigenvalue weighted by Crippen LogP contribution is -2.48. The van der Waals surface area contributed by atoms with Gasteiger partial charge in [0.25, 0.3) is 0 Å². The van der Waals surface area contributed by atoms with Crippen molar-refractivity contribution >= 4 is 5.96 Å². The second kappa shape index (κ2) is 9.80. The molecule has 0 aromatic heterocycles. The van der Waals surface area contributed by atoms with Crippen molar-refractivity contribution in [1.82, 2.24) is 10.2 Å². The van der Waals surface area contributed by atoms with Crippen LogP contribution in [0.5, 0.6) is 0 Å². The second-order valence-corrected chi connectivity index (χ2v) is 6.47. The lowest BCUT2D eigenvalue weighted by Gasteiger charge is -2.35. The van der Waals surface area contributed by atoms with Gasteiger partial charge in [-0.15, -0.1) is 0 Å². The van der Waals surface area contributed by atoms with Crippen LogP contribution in [0, 0.1) is 6.92 Å². The summed E-state index contributed by atoms with van der Waals surface area (Å²) in [5.41, 5.74) is 2.35. The highest BCUT2D eigenvalue weighted by atomic mass is 19.4. The van der Waals surface area contributed by atoms with E-state index < -0.39 is 12.6 Å². The Morgan fingerprint density at radius 2 is 2.08 bits per heavy atom. The van der Waals surface area contributed by atoms with Gasteiger partial charge in [0.1, 0.15) is 6.10 Å².